The first-order chi connectivity index (χ1) is 14.0. The topological polar surface area (TPSA) is 71.1 Å². The Kier molecular flexibility index (Phi) is 6.63. The van der Waals surface area contributed by atoms with Gasteiger partial charge in [0.1, 0.15) is 17.3 Å². The minimum Gasteiger partial charge on any atom is -0.352 e. The first kappa shape index (κ1) is 20.1. The fraction of sp³-hybridized carbons (Fsp3) is 0.136. The Balaban J connectivity index is 1.56. The number of aromatic nitrogens is 1. The van der Waals surface area contributed by atoms with Gasteiger partial charge in [0.25, 0.3) is 11.8 Å². The van der Waals surface area contributed by atoms with Crippen molar-refractivity contribution in [2.24, 2.45) is 0 Å². The van der Waals surface area contributed by atoms with Crippen LogP contribution in [0.5, 0.6) is 0 Å². The molecule has 0 saturated heterocycles. The lowest BCUT2D eigenvalue weighted by Crippen LogP contribution is -2.27. The van der Waals surface area contributed by atoms with E-state index < -0.39 is 17.6 Å². The normalized spacial score (nSPS) is 10.4. The van der Waals surface area contributed by atoms with Crippen molar-refractivity contribution in [3.05, 3.63) is 101 Å². The Morgan fingerprint density at radius 1 is 0.828 bits per heavy atom. The van der Waals surface area contributed by atoms with Crippen LogP contribution in [0.4, 0.5) is 8.78 Å². The molecule has 0 fully saturated rings. The molecular formula is C22H19F2N3O2. The van der Waals surface area contributed by atoms with Crippen LogP contribution in [0.25, 0.3) is 0 Å². The van der Waals surface area contributed by atoms with E-state index in [1.165, 1.54) is 30.5 Å². The lowest BCUT2D eigenvalue weighted by Gasteiger charge is -2.08. The molecule has 0 atom stereocenters. The van der Waals surface area contributed by atoms with Crippen molar-refractivity contribution in [2.75, 3.05) is 6.54 Å². The summed E-state index contributed by atoms with van der Waals surface area (Å²) >= 11 is 0. The molecule has 29 heavy (non-hydrogen) atoms. The number of hydrogen-bond acceptors (Lipinski definition) is 3. The molecule has 0 unspecified atom stereocenters. The highest BCUT2D eigenvalue weighted by molar-refractivity contribution is 5.98. The van der Waals surface area contributed by atoms with Crippen LogP contribution in [0.2, 0.25) is 0 Å². The number of carbonyl (C=O) groups excluding carboxylic acids is 2. The maximum Gasteiger partial charge on any atom is 0.270 e. The van der Waals surface area contributed by atoms with Crippen LogP contribution >= 0.6 is 0 Å². The van der Waals surface area contributed by atoms with Crippen molar-refractivity contribution in [3.8, 4) is 0 Å². The van der Waals surface area contributed by atoms with Gasteiger partial charge in [-0.05, 0) is 36.2 Å². The Hall–Kier alpha value is -3.61. The summed E-state index contributed by atoms with van der Waals surface area (Å²) in [5.74, 6) is -1.65. The van der Waals surface area contributed by atoms with E-state index in [1.807, 2.05) is 0 Å². The van der Waals surface area contributed by atoms with Gasteiger partial charge in [-0.15, -0.1) is 0 Å². The second kappa shape index (κ2) is 9.54. The fourth-order valence-electron chi connectivity index (χ4n) is 2.72. The van der Waals surface area contributed by atoms with Gasteiger partial charge in [-0.3, -0.25) is 14.6 Å². The number of benzene rings is 2. The first-order valence-corrected chi connectivity index (χ1v) is 9.04. The third kappa shape index (κ3) is 5.44. The summed E-state index contributed by atoms with van der Waals surface area (Å²) in [5.41, 5.74) is 1.16. The van der Waals surface area contributed by atoms with Gasteiger partial charge in [0, 0.05) is 30.4 Å². The van der Waals surface area contributed by atoms with Crippen LogP contribution in [0.3, 0.4) is 0 Å². The van der Waals surface area contributed by atoms with Gasteiger partial charge in [-0.2, -0.15) is 0 Å². The molecule has 0 aliphatic heterocycles. The minimum atomic E-state index is -0.519. The number of halogens is 2. The van der Waals surface area contributed by atoms with Gasteiger partial charge >= 0.3 is 0 Å². The second-order valence-corrected chi connectivity index (χ2v) is 6.30. The molecular weight excluding hydrogens is 376 g/mol. The maximum atomic E-state index is 13.6. The average molecular weight is 395 g/mol. The summed E-state index contributed by atoms with van der Waals surface area (Å²) < 4.78 is 27.2. The van der Waals surface area contributed by atoms with Gasteiger partial charge in [-0.1, -0.05) is 36.4 Å². The van der Waals surface area contributed by atoms with E-state index >= 15 is 0 Å². The molecule has 3 rings (SSSR count). The van der Waals surface area contributed by atoms with Gasteiger partial charge in [-0.25, -0.2) is 8.78 Å². The quantitative estimate of drug-likeness (QED) is 0.645. The maximum absolute atomic E-state index is 13.6. The van der Waals surface area contributed by atoms with Crippen molar-refractivity contribution in [1.82, 2.24) is 15.6 Å². The largest absolute Gasteiger partial charge is 0.352 e. The molecule has 0 bridgehead atoms. The van der Waals surface area contributed by atoms with E-state index in [0.29, 0.717) is 17.5 Å². The molecule has 3 aromatic rings. The number of nitrogens with one attached hydrogen (secondary N) is 2. The zero-order chi connectivity index (χ0) is 20.6. The SMILES string of the molecule is O=C(NCCc1ccccc1F)c1ccnc(C(=O)NCc2ccccc2F)c1. The molecule has 0 saturated carbocycles. The predicted octanol–water partition coefficient (Wildman–Crippen LogP) is 3.26. The van der Waals surface area contributed by atoms with Crippen LogP contribution < -0.4 is 10.6 Å². The van der Waals surface area contributed by atoms with E-state index in [9.17, 15) is 18.4 Å². The minimum absolute atomic E-state index is 0.00620. The van der Waals surface area contributed by atoms with Crippen LogP contribution in [0.1, 0.15) is 32.0 Å². The summed E-state index contributed by atoms with van der Waals surface area (Å²) in [6.07, 6.45) is 1.70. The lowest BCUT2D eigenvalue weighted by molar-refractivity contribution is 0.0945. The average Bonchev–Trinajstić information content (AvgIpc) is 2.74. The Morgan fingerprint density at radius 3 is 2.17 bits per heavy atom. The highest BCUT2D eigenvalue weighted by Crippen LogP contribution is 2.08. The Morgan fingerprint density at radius 2 is 1.48 bits per heavy atom. The highest BCUT2D eigenvalue weighted by atomic mass is 19.1. The van der Waals surface area contributed by atoms with Gasteiger partial charge in [0.15, 0.2) is 0 Å². The van der Waals surface area contributed by atoms with Crippen molar-refractivity contribution >= 4 is 11.8 Å². The standard InChI is InChI=1S/C22H19F2N3O2/c23-18-7-3-1-5-15(18)9-12-26-21(28)16-10-11-25-20(13-16)22(29)27-14-17-6-2-4-8-19(17)24/h1-8,10-11,13H,9,12,14H2,(H,26,28)(H,27,29). The number of pyridine rings is 1. The third-order valence-corrected chi connectivity index (χ3v) is 4.29. The van der Waals surface area contributed by atoms with Crippen molar-refractivity contribution in [1.29, 1.82) is 0 Å². The molecule has 5 nitrogen and oxygen atoms in total. The molecule has 0 spiro atoms. The smallest absolute Gasteiger partial charge is 0.270 e. The first-order valence-electron chi connectivity index (χ1n) is 9.04. The molecule has 0 aliphatic rings. The van der Waals surface area contributed by atoms with Crippen molar-refractivity contribution in [3.63, 3.8) is 0 Å². The fourth-order valence-corrected chi connectivity index (χ4v) is 2.72. The number of hydrogen-bond donors (Lipinski definition) is 2. The number of carbonyl (C=O) groups is 2. The van der Waals surface area contributed by atoms with Crippen LogP contribution in [0, 0.1) is 11.6 Å². The van der Waals surface area contributed by atoms with Crippen molar-refractivity contribution < 1.29 is 18.4 Å². The van der Waals surface area contributed by atoms with Crippen molar-refractivity contribution in [2.45, 2.75) is 13.0 Å². The van der Waals surface area contributed by atoms with E-state index in [1.54, 1.807) is 36.4 Å². The molecule has 1 aromatic heterocycles. The monoisotopic (exact) mass is 395 g/mol. The zero-order valence-electron chi connectivity index (χ0n) is 15.5. The molecule has 0 radical (unpaired) electrons. The van der Waals surface area contributed by atoms with Gasteiger partial charge < -0.3 is 10.6 Å². The zero-order valence-corrected chi connectivity index (χ0v) is 15.5. The molecule has 2 aromatic carbocycles. The Labute approximate surface area is 166 Å². The van der Waals surface area contributed by atoms with E-state index in [2.05, 4.69) is 15.6 Å². The Bertz CT molecular complexity index is 1020. The van der Waals surface area contributed by atoms with E-state index in [0.717, 1.165) is 0 Å². The summed E-state index contributed by atoms with van der Waals surface area (Å²) in [4.78, 5) is 28.5. The van der Waals surface area contributed by atoms with Crippen LogP contribution in [0.15, 0.2) is 66.9 Å². The molecule has 0 aliphatic carbocycles. The summed E-state index contributed by atoms with van der Waals surface area (Å²) in [6, 6.07) is 15.3. The molecule has 148 valence electrons. The second-order valence-electron chi connectivity index (χ2n) is 6.30. The van der Waals surface area contributed by atoms with Gasteiger partial charge in [0.2, 0.25) is 0 Å². The van der Waals surface area contributed by atoms with E-state index in [-0.39, 0.29) is 30.2 Å². The molecule has 2 amide bonds. The summed E-state index contributed by atoms with van der Waals surface area (Å²) in [7, 11) is 0. The predicted molar refractivity (Wildman–Crippen MR) is 104 cm³/mol. The number of rotatable bonds is 7. The molecule has 1 heterocycles. The number of nitrogens with zero attached hydrogens (tertiary/aromatic N) is 1. The third-order valence-electron chi connectivity index (χ3n) is 4.29. The van der Waals surface area contributed by atoms with E-state index in [4.69, 9.17) is 0 Å². The summed E-state index contributed by atoms with van der Waals surface area (Å²) in [6.45, 7) is 0.253. The summed E-state index contributed by atoms with van der Waals surface area (Å²) in [5, 5.41) is 5.27. The highest BCUT2D eigenvalue weighted by Gasteiger charge is 2.12. The van der Waals surface area contributed by atoms with Crippen LogP contribution in [-0.2, 0) is 13.0 Å². The lowest BCUT2D eigenvalue weighted by atomic mass is 10.1. The molecule has 7 heteroatoms. The number of amides is 2. The van der Waals surface area contributed by atoms with Crippen LogP contribution in [-0.4, -0.2) is 23.3 Å². The molecule has 2 N–H and O–H groups in total. The van der Waals surface area contributed by atoms with Gasteiger partial charge in [0.05, 0.1) is 0 Å².